The number of carbonyl (C=O) groups is 3. The Labute approximate surface area is 168 Å². The van der Waals surface area contributed by atoms with Gasteiger partial charge in [-0.2, -0.15) is 0 Å². The minimum absolute atomic E-state index is 0.0211. The van der Waals surface area contributed by atoms with E-state index < -0.39 is 29.5 Å². The first kappa shape index (κ1) is 19.5. The highest BCUT2D eigenvalue weighted by molar-refractivity contribution is 6.22. The Hall–Kier alpha value is -1.86. The maximum Gasteiger partial charge on any atom is 0.287 e. The fourth-order valence-electron chi connectivity index (χ4n) is 4.62. The van der Waals surface area contributed by atoms with Crippen LogP contribution in [0, 0.1) is 11.8 Å². The van der Waals surface area contributed by atoms with E-state index in [2.05, 4.69) is 12.2 Å². The van der Waals surface area contributed by atoms with Crippen molar-refractivity contribution in [1.29, 1.82) is 0 Å². The van der Waals surface area contributed by atoms with E-state index in [9.17, 15) is 14.4 Å². The lowest BCUT2D eigenvalue weighted by molar-refractivity contribution is -0.139. The molecular weight excluding hydrogens is 384 g/mol. The lowest BCUT2D eigenvalue weighted by Crippen LogP contribution is -2.55. The number of fused-ring (bicyclic) bond motifs is 1. The Kier molecular flexibility index (Phi) is 5.47. The predicted molar refractivity (Wildman–Crippen MR) is 101 cm³/mol. The second-order valence-electron chi connectivity index (χ2n) is 8.14. The fraction of sp³-hybridized carbons (Fsp3) is 0.650. The summed E-state index contributed by atoms with van der Waals surface area (Å²) in [4.78, 5) is 39.9. The van der Waals surface area contributed by atoms with E-state index in [1.165, 1.54) is 11.2 Å². The molecule has 1 aliphatic carbocycles. The van der Waals surface area contributed by atoms with Crippen LogP contribution in [0.25, 0.3) is 0 Å². The standard InChI is InChI=1S/C20H25ClN2O5/c1-11-4-6-12(7-5-11)16(22-19(25)15-3-2-8-27-15)20(26)23-9-13(21)18-17(23)14(24)10-28-18/h2-3,8,11-13,16-18H,4-7,9-10H2,1H3,(H,22,25)/t11-,12-,13-,16?,17+,18+/m0/s1. The zero-order valence-corrected chi connectivity index (χ0v) is 16.6. The van der Waals surface area contributed by atoms with Crippen LogP contribution in [-0.2, 0) is 14.3 Å². The lowest BCUT2D eigenvalue weighted by Gasteiger charge is -2.35. The van der Waals surface area contributed by atoms with Crippen molar-refractivity contribution in [3.63, 3.8) is 0 Å². The summed E-state index contributed by atoms with van der Waals surface area (Å²) in [5.74, 6) is -0.00825. The zero-order chi connectivity index (χ0) is 19.8. The number of nitrogens with one attached hydrogen (secondary N) is 1. The number of ether oxygens (including phenoxy) is 1. The third-order valence-electron chi connectivity index (χ3n) is 6.24. The summed E-state index contributed by atoms with van der Waals surface area (Å²) in [6.45, 7) is 2.43. The van der Waals surface area contributed by atoms with Gasteiger partial charge in [-0.25, -0.2) is 0 Å². The molecule has 0 bridgehead atoms. The van der Waals surface area contributed by atoms with Crippen LogP contribution in [0.15, 0.2) is 22.8 Å². The number of amides is 2. The highest BCUT2D eigenvalue weighted by Gasteiger charge is 2.53. The van der Waals surface area contributed by atoms with E-state index >= 15 is 0 Å². The number of furan rings is 1. The SMILES string of the molecule is C[C@H]1CC[C@H](C(NC(=O)c2ccco2)C(=O)N2C[C@H](Cl)[C@H]3OCC(=O)[C@H]32)CC1. The van der Waals surface area contributed by atoms with E-state index in [-0.39, 0.29) is 36.5 Å². The van der Waals surface area contributed by atoms with Gasteiger partial charge in [0.05, 0.1) is 11.6 Å². The molecule has 7 nitrogen and oxygen atoms in total. The van der Waals surface area contributed by atoms with E-state index in [1.54, 1.807) is 12.1 Å². The quantitative estimate of drug-likeness (QED) is 0.769. The molecule has 4 atom stereocenters. The van der Waals surface area contributed by atoms with Crippen molar-refractivity contribution in [2.24, 2.45) is 11.8 Å². The summed E-state index contributed by atoms with van der Waals surface area (Å²) in [6.07, 6.45) is 4.69. The fourth-order valence-corrected chi connectivity index (χ4v) is 4.98. The topological polar surface area (TPSA) is 88.8 Å². The summed E-state index contributed by atoms with van der Waals surface area (Å²) in [5.41, 5.74) is 0. The molecule has 1 N–H and O–H groups in total. The number of halogens is 1. The number of likely N-dealkylation sites (tertiary alicyclic amines) is 1. The van der Waals surface area contributed by atoms with Crippen molar-refractivity contribution in [3.05, 3.63) is 24.2 Å². The molecule has 3 aliphatic rings. The van der Waals surface area contributed by atoms with Crippen LogP contribution in [0.3, 0.4) is 0 Å². The van der Waals surface area contributed by atoms with Gasteiger partial charge in [0, 0.05) is 6.54 Å². The second kappa shape index (κ2) is 7.87. The Balaban J connectivity index is 1.56. The molecular formula is C20H25ClN2O5. The lowest BCUT2D eigenvalue weighted by atomic mass is 9.78. The summed E-state index contributed by atoms with van der Waals surface area (Å²) < 4.78 is 10.7. The minimum Gasteiger partial charge on any atom is -0.459 e. The molecule has 3 fully saturated rings. The number of nitrogens with zero attached hydrogens (tertiary/aromatic N) is 1. The van der Waals surface area contributed by atoms with Crippen molar-refractivity contribution in [2.75, 3.05) is 13.2 Å². The molecule has 1 aromatic rings. The molecule has 3 heterocycles. The van der Waals surface area contributed by atoms with Crippen LogP contribution in [0.2, 0.25) is 0 Å². The van der Waals surface area contributed by atoms with Gasteiger partial charge in [0.1, 0.15) is 24.8 Å². The number of Topliss-reactive ketones (excluding diaryl/α,β-unsaturated/α-hetero) is 1. The van der Waals surface area contributed by atoms with E-state index in [4.69, 9.17) is 20.8 Å². The average molecular weight is 409 g/mol. The maximum atomic E-state index is 13.5. The van der Waals surface area contributed by atoms with Gasteiger partial charge < -0.3 is 19.4 Å². The van der Waals surface area contributed by atoms with Crippen LogP contribution >= 0.6 is 11.6 Å². The Morgan fingerprint density at radius 2 is 2.04 bits per heavy atom. The van der Waals surface area contributed by atoms with Crippen LogP contribution in [-0.4, -0.2) is 59.2 Å². The molecule has 28 heavy (non-hydrogen) atoms. The van der Waals surface area contributed by atoms with Gasteiger partial charge in [-0.05, 0) is 36.8 Å². The molecule has 2 amide bonds. The Morgan fingerprint density at radius 1 is 1.29 bits per heavy atom. The van der Waals surface area contributed by atoms with Gasteiger partial charge in [-0.1, -0.05) is 19.8 Å². The number of alkyl halides is 1. The normalized spacial score (nSPS) is 33.6. The Morgan fingerprint density at radius 3 is 2.71 bits per heavy atom. The molecule has 0 spiro atoms. The predicted octanol–water partition coefficient (Wildman–Crippen LogP) is 1.99. The van der Waals surface area contributed by atoms with Gasteiger partial charge >= 0.3 is 0 Å². The summed E-state index contributed by atoms with van der Waals surface area (Å²) in [6, 6.07) is 1.84. The first-order valence-corrected chi connectivity index (χ1v) is 10.3. The van der Waals surface area contributed by atoms with Crippen molar-refractivity contribution < 1.29 is 23.5 Å². The monoisotopic (exact) mass is 408 g/mol. The van der Waals surface area contributed by atoms with E-state index in [0.29, 0.717) is 5.92 Å². The molecule has 152 valence electrons. The third-order valence-corrected chi connectivity index (χ3v) is 6.62. The number of ketones is 1. The number of rotatable bonds is 4. The largest absolute Gasteiger partial charge is 0.459 e. The average Bonchev–Trinajstić information content (AvgIpc) is 3.40. The van der Waals surface area contributed by atoms with Gasteiger partial charge in [-0.15, -0.1) is 11.6 Å². The zero-order valence-electron chi connectivity index (χ0n) is 15.8. The first-order chi connectivity index (χ1) is 13.5. The first-order valence-electron chi connectivity index (χ1n) is 9.89. The molecule has 8 heteroatoms. The molecule has 2 saturated heterocycles. The van der Waals surface area contributed by atoms with E-state index in [0.717, 1.165) is 25.7 Å². The number of hydrogen-bond donors (Lipinski definition) is 1. The van der Waals surface area contributed by atoms with Crippen molar-refractivity contribution in [1.82, 2.24) is 10.2 Å². The summed E-state index contributed by atoms with van der Waals surface area (Å²) in [5, 5.41) is 2.45. The van der Waals surface area contributed by atoms with Gasteiger partial charge in [0.15, 0.2) is 11.5 Å². The number of carbonyl (C=O) groups excluding carboxylic acids is 3. The summed E-state index contributed by atoms with van der Waals surface area (Å²) in [7, 11) is 0. The molecule has 1 saturated carbocycles. The highest BCUT2D eigenvalue weighted by Crippen LogP contribution is 2.35. The van der Waals surface area contributed by atoms with Crippen molar-refractivity contribution >= 4 is 29.2 Å². The second-order valence-corrected chi connectivity index (χ2v) is 8.70. The van der Waals surface area contributed by atoms with Gasteiger partial charge in [-0.3, -0.25) is 14.4 Å². The highest BCUT2D eigenvalue weighted by atomic mass is 35.5. The molecule has 4 rings (SSSR count). The maximum absolute atomic E-state index is 13.5. The third kappa shape index (κ3) is 3.57. The van der Waals surface area contributed by atoms with Crippen LogP contribution in [0.4, 0.5) is 0 Å². The van der Waals surface area contributed by atoms with Crippen molar-refractivity contribution in [2.45, 2.75) is 56.2 Å². The minimum atomic E-state index is -0.707. The smallest absolute Gasteiger partial charge is 0.287 e. The summed E-state index contributed by atoms with van der Waals surface area (Å²) >= 11 is 6.34. The molecule has 1 aromatic heterocycles. The molecule has 0 radical (unpaired) electrons. The van der Waals surface area contributed by atoms with Gasteiger partial charge in [0.25, 0.3) is 5.91 Å². The molecule has 2 aliphatic heterocycles. The molecule has 1 unspecified atom stereocenters. The number of hydrogen-bond acceptors (Lipinski definition) is 5. The Bertz CT molecular complexity index is 744. The molecule has 0 aromatic carbocycles. The van der Waals surface area contributed by atoms with E-state index in [1.807, 2.05) is 0 Å². The van der Waals surface area contributed by atoms with Crippen molar-refractivity contribution in [3.8, 4) is 0 Å². The van der Waals surface area contributed by atoms with Crippen LogP contribution < -0.4 is 5.32 Å². The van der Waals surface area contributed by atoms with Crippen LogP contribution in [0.1, 0.15) is 43.2 Å². The van der Waals surface area contributed by atoms with Crippen LogP contribution in [0.5, 0.6) is 0 Å². The van der Waals surface area contributed by atoms with Gasteiger partial charge in [0.2, 0.25) is 5.91 Å².